The zero-order valence-corrected chi connectivity index (χ0v) is 13.3. The first-order chi connectivity index (χ1) is 11.2. The molecule has 0 aliphatic carbocycles. The smallest absolute Gasteiger partial charge is 0.313 e. The Kier molecular flexibility index (Phi) is 5.74. The Morgan fingerprint density at radius 3 is 2.30 bits per heavy atom. The van der Waals surface area contributed by atoms with Crippen molar-refractivity contribution in [3.63, 3.8) is 0 Å². The lowest BCUT2D eigenvalue weighted by atomic mass is 10.1. The molecule has 23 heavy (non-hydrogen) atoms. The molecule has 2 rings (SSSR count). The third-order valence-corrected chi connectivity index (χ3v) is 3.48. The van der Waals surface area contributed by atoms with Gasteiger partial charge in [0.05, 0.1) is 7.11 Å². The minimum atomic E-state index is -0.680. The molecule has 5 heteroatoms. The van der Waals surface area contributed by atoms with Crippen molar-refractivity contribution in [2.24, 2.45) is 0 Å². The number of benzene rings is 2. The molecule has 0 fully saturated rings. The highest BCUT2D eigenvalue weighted by Gasteiger charge is 2.15. The second-order valence-corrected chi connectivity index (χ2v) is 4.96. The molecule has 2 aromatic rings. The maximum absolute atomic E-state index is 12.0. The molecule has 2 aromatic carbocycles. The number of anilines is 1. The van der Waals surface area contributed by atoms with E-state index < -0.39 is 11.8 Å². The van der Waals surface area contributed by atoms with Gasteiger partial charge < -0.3 is 15.4 Å². The Hall–Kier alpha value is -2.82. The topological polar surface area (TPSA) is 67.4 Å². The number of carbonyl (C=O) groups is 2. The molecular formula is C18H20N2O3. The molecule has 0 radical (unpaired) electrons. The second kappa shape index (κ2) is 7.98. The molecule has 0 aromatic heterocycles. The number of nitrogens with one attached hydrogen (secondary N) is 2. The predicted molar refractivity (Wildman–Crippen MR) is 89.3 cm³/mol. The number of hydrogen-bond donors (Lipinski definition) is 2. The van der Waals surface area contributed by atoms with Crippen LogP contribution in [0.1, 0.15) is 18.1 Å². The minimum absolute atomic E-state index is 0.228. The third-order valence-electron chi connectivity index (χ3n) is 3.48. The SMILES string of the molecule is CCc1ccccc1NC(=O)C(=O)NCc1ccccc1OC. The lowest BCUT2D eigenvalue weighted by Gasteiger charge is -2.11. The van der Waals surface area contributed by atoms with Gasteiger partial charge in [0.15, 0.2) is 0 Å². The predicted octanol–water partition coefficient (Wildman–Crippen LogP) is 2.51. The fourth-order valence-corrected chi connectivity index (χ4v) is 2.23. The number of methoxy groups -OCH3 is 1. The van der Waals surface area contributed by atoms with E-state index in [4.69, 9.17) is 4.74 Å². The van der Waals surface area contributed by atoms with Crippen LogP contribution in [0.4, 0.5) is 5.69 Å². The van der Waals surface area contributed by atoms with Crippen molar-refractivity contribution < 1.29 is 14.3 Å². The first kappa shape index (κ1) is 16.5. The highest BCUT2D eigenvalue weighted by molar-refractivity contribution is 6.39. The minimum Gasteiger partial charge on any atom is -0.496 e. The standard InChI is InChI=1S/C18H20N2O3/c1-3-13-8-4-6-10-15(13)20-18(22)17(21)19-12-14-9-5-7-11-16(14)23-2/h4-11H,3,12H2,1-2H3,(H,19,21)(H,20,22). The van der Waals surface area contributed by atoms with Crippen LogP contribution in [0, 0.1) is 0 Å². The van der Waals surface area contributed by atoms with Crippen molar-refractivity contribution in [3.05, 3.63) is 59.7 Å². The van der Waals surface area contributed by atoms with Gasteiger partial charge in [-0.3, -0.25) is 9.59 Å². The van der Waals surface area contributed by atoms with Gasteiger partial charge in [-0.25, -0.2) is 0 Å². The Balaban J connectivity index is 1.96. The van der Waals surface area contributed by atoms with Crippen molar-refractivity contribution >= 4 is 17.5 Å². The molecule has 0 saturated carbocycles. The Morgan fingerprint density at radius 2 is 1.61 bits per heavy atom. The molecule has 5 nitrogen and oxygen atoms in total. The number of hydrogen-bond acceptors (Lipinski definition) is 3. The summed E-state index contributed by atoms with van der Waals surface area (Å²) in [7, 11) is 1.56. The third kappa shape index (κ3) is 4.32. The average molecular weight is 312 g/mol. The number of rotatable bonds is 5. The molecule has 2 amide bonds. The fraction of sp³-hybridized carbons (Fsp3) is 0.222. The first-order valence-electron chi connectivity index (χ1n) is 7.44. The molecule has 2 N–H and O–H groups in total. The van der Waals surface area contributed by atoms with E-state index in [0.29, 0.717) is 11.4 Å². The highest BCUT2D eigenvalue weighted by atomic mass is 16.5. The summed E-state index contributed by atoms with van der Waals surface area (Å²) in [5, 5.41) is 5.24. The highest BCUT2D eigenvalue weighted by Crippen LogP contribution is 2.17. The molecule has 0 heterocycles. The van der Waals surface area contributed by atoms with E-state index in [-0.39, 0.29) is 6.54 Å². The average Bonchev–Trinajstić information content (AvgIpc) is 2.60. The summed E-state index contributed by atoms with van der Waals surface area (Å²) in [4.78, 5) is 24.0. The van der Waals surface area contributed by atoms with Crippen molar-refractivity contribution in [2.75, 3.05) is 12.4 Å². The summed E-state index contributed by atoms with van der Waals surface area (Å²) >= 11 is 0. The second-order valence-electron chi connectivity index (χ2n) is 4.96. The van der Waals surface area contributed by atoms with E-state index in [0.717, 1.165) is 17.5 Å². The Bertz CT molecular complexity index is 698. The van der Waals surface area contributed by atoms with Gasteiger partial charge in [-0.2, -0.15) is 0 Å². The first-order valence-corrected chi connectivity index (χ1v) is 7.44. The van der Waals surface area contributed by atoms with Crippen LogP contribution in [0.15, 0.2) is 48.5 Å². The van der Waals surface area contributed by atoms with Crippen LogP contribution in [-0.4, -0.2) is 18.9 Å². The molecule has 0 aliphatic rings. The lowest BCUT2D eigenvalue weighted by molar-refractivity contribution is -0.136. The van der Waals surface area contributed by atoms with E-state index in [1.807, 2.05) is 43.3 Å². The van der Waals surface area contributed by atoms with E-state index in [1.54, 1.807) is 19.2 Å². The number of aryl methyl sites for hydroxylation is 1. The van der Waals surface area contributed by atoms with Gasteiger partial charge in [-0.05, 0) is 24.1 Å². The summed E-state index contributed by atoms with van der Waals surface area (Å²) < 4.78 is 5.21. The van der Waals surface area contributed by atoms with Crippen molar-refractivity contribution in [2.45, 2.75) is 19.9 Å². The van der Waals surface area contributed by atoms with Crippen molar-refractivity contribution in [3.8, 4) is 5.75 Å². The molecule has 0 saturated heterocycles. The number of amides is 2. The molecule has 0 spiro atoms. The summed E-state index contributed by atoms with van der Waals surface area (Å²) in [6.07, 6.45) is 0.777. The van der Waals surface area contributed by atoms with Gasteiger partial charge in [0.2, 0.25) is 0 Å². The zero-order chi connectivity index (χ0) is 16.7. The van der Waals surface area contributed by atoms with E-state index in [1.165, 1.54) is 0 Å². The molecule has 0 atom stereocenters. The van der Waals surface area contributed by atoms with Gasteiger partial charge in [0.1, 0.15) is 5.75 Å². The lowest BCUT2D eigenvalue weighted by Crippen LogP contribution is -2.35. The molecule has 0 bridgehead atoms. The van der Waals surface area contributed by atoms with Crippen LogP contribution in [0.2, 0.25) is 0 Å². The van der Waals surface area contributed by atoms with Crippen LogP contribution in [-0.2, 0) is 22.6 Å². The van der Waals surface area contributed by atoms with Crippen LogP contribution in [0.5, 0.6) is 5.75 Å². The van der Waals surface area contributed by atoms with E-state index in [2.05, 4.69) is 10.6 Å². The van der Waals surface area contributed by atoms with Crippen LogP contribution >= 0.6 is 0 Å². The molecule has 0 unspecified atom stereocenters. The number of carbonyl (C=O) groups excluding carboxylic acids is 2. The Morgan fingerprint density at radius 1 is 0.957 bits per heavy atom. The molecule has 0 aliphatic heterocycles. The molecular weight excluding hydrogens is 292 g/mol. The Labute approximate surface area is 135 Å². The van der Waals surface area contributed by atoms with E-state index >= 15 is 0 Å². The summed E-state index contributed by atoms with van der Waals surface area (Å²) in [6, 6.07) is 14.8. The number of para-hydroxylation sites is 2. The van der Waals surface area contributed by atoms with Gasteiger partial charge in [-0.15, -0.1) is 0 Å². The van der Waals surface area contributed by atoms with Gasteiger partial charge in [0, 0.05) is 17.8 Å². The van der Waals surface area contributed by atoms with Crippen molar-refractivity contribution in [1.82, 2.24) is 5.32 Å². The molecule has 120 valence electrons. The van der Waals surface area contributed by atoms with E-state index in [9.17, 15) is 9.59 Å². The maximum atomic E-state index is 12.0. The maximum Gasteiger partial charge on any atom is 0.313 e. The quantitative estimate of drug-likeness (QED) is 0.834. The number of ether oxygens (including phenoxy) is 1. The van der Waals surface area contributed by atoms with Crippen LogP contribution in [0.25, 0.3) is 0 Å². The normalized spacial score (nSPS) is 10.0. The fourth-order valence-electron chi connectivity index (χ4n) is 2.23. The van der Waals surface area contributed by atoms with Gasteiger partial charge >= 0.3 is 11.8 Å². The summed E-state index contributed by atoms with van der Waals surface area (Å²) in [6.45, 7) is 2.22. The van der Waals surface area contributed by atoms with Gasteiger partial charge in [0.25, 0.3) is 0 Å². The van der Waals surface area contributed by atoms with Crippen molar-refractivity contribution in [1.29, 1.82) is 0 Å². The monoisotopic (exact) mass is 312 g/mol. The largest absolute Gasteiger partial charge is 0.496 e. The summed E-state index contributed by atoms with van der Waals surface area (Å²) in [5.41, 5.74) is 2.45. The van der Waals surface area contributed by atoms with Gasteiger partial charge in [-0.1, -0.05) is 43.3 Å². The zero-order valence-electron chi connectivity index (χ0n) is 13.3. The summed E-state index contributed by atoms with van der Waals surface area (Å²) in [5.74, 6) is -0.688. The van der Waals surface area contributed by atoms with Crippen LogP contribution in [0.3, 0.4) is 0 Å². The van der Waals surface area contributed by atoms with Crippen LogP contribution < -0.4 is 15.4 Å².